The zero-order chi connectivity index (χ0) is 25.8. The molecule has 0 aliphatic heterocycles. The third kappa shape index (κ3) is 9.87. The highest BCUT2D eigenvalue weighted by Gasteiger charge is 2.31. The Labute approximate surface area is 200 Å². The number of carbonyl (C=O) groups is 6. The summed E-state index contributed by atoms with van der Waals surface area (Å²) >= 11 is 3.83. The Kier molecular flexibility index (Phi) is 11.5. The van der Waals surface area contributed by atoms with Crippen LogP contribution in [0.5, 0.6) is 0 Å². The number of nitrogens with one attached hydrogen (secondary N) is 3. The fourth-order valence-corrected chi connectivity index (χ4v) is 3.01. The van der Waals surface area contributed by atoms with Crippen LogP contribution in [0.1, 0.15) is 18.4 Å². The van der Waals surface area contributed by atoms with Crippen molar-refractivity contribution in [1.29, 1.82) is 0 Å². The van der Waals surface area contributed by atoms with Gasteiger partial charge in [-0.25, -0.2) is 4.79 Å². The minimum Gasteiger partial charge on any atom is -0.481 e. The number of primary amides is 1. The first-order valence-corrected chi connectivity index (χ1v) is 10.6. The van der Waals surface area contributed by atoms with Crippen LogP contribution in [-0.2, 0) is 35.2 Å². The maximum atomic E-state index is 13.0. The number of aliphatic carboxylic acids is 2. The molecule has 4 unspecified atom stereocenters. The van der Waals surface area contributed by atoms with Crippen LogP contribution in [0.2, 0.25) is 0 Å². The lowest BCUT2D eigenvalue weighted by Gasteiger charge is -2.24. The summed E-state index contributed by atoms with van der Waals surface area (Å²) in [5, 5.41) is 24.7. The van der Waals surface area contributed by atoms with Crippen LogP contribution in [0.4, 0.5) is 0 Å². The molecular weight excluding hydrogens is 470 g/mol. The molecule has 1 aromatic rings. The van der Waals surface area contributed by atoms with E-state index in [4.69, 9.17) is 21.7 Å². The number of carboxylic acid groups (broad SMARTS) is 2. The van der Waals surface area contributed by atoms with E-state index in [1.54, 1.807) is 30.3 Å². The molecule has 0 radical (unpaired) electrons. The quantitative estimate of drug-likeness (QED) is 0.125. The van der Waals surface area contributed by atoms with Crippen LogP contribution < -0.4 is 27.4 Å². The average Bonchev–Trinajstić information content (AvgIpc) is 2.75. The lowest BCUT2D eigenvalue weighted by Crippen LogP contribution is -2.58. The smallest absolute Gasteiger partial charge is 0.327 e. The van der Waals surface area contributed by atoms with Crippen molar-refractivity contribution in [2.45, 2.75) is 43.4 Å². The molecule has 0 aliphatic carbocycles. The van der Waals surface area contributed by atoms with E-state index in [9.17, 15) is 28.8 Å². The Hall–Kier alpha value is -3.65. The molecule has 0 saturated carbocycles. The number of carboxylic acids is 2. The van der Waals surface area contributed by atoms with E-state index >= 15 is 0 Å². The van der Waals surface area contributed by atoms with Crippen LogP contribution >= 0.6 is 12.6 Å². The van der Waals surface area contributed by atoms with Gasteiger partial charge in [0.1, 0.15) is 18.1 Å². The van der Waals surface area contributed by atoms with E-state index in [0.29, 0.717) is 5.56 Å². The van der Waals surface area contributed by atoms with Gasteiger partial charge in [0.25, 0.3) is 0 Å². The second-order valence-corrected chi connectivity index (χ2v) is 7.63. The number of hydrogen-bond acceptors (Lipinski definition) is 8. The highest BCUT2D eigenvalue weighted by atomic mass is 32.1. The predicted molar refractivity (Wildman–Crippen MR) is 121 cm³/mol. The molecule has 0 saturated heterocycles. The van der Waals surface area contributed by atoms with E-state index in [-0.39, 0.29) is 12.2 Å². The molecule has 4 atom stereocenters. The maximum Gasteiger partial charge on any atom is 0.327 e. The lowest BCUT2D eigenvalue weighted by atomic mass is 10.0. The predicted octanol–water partition coefficient (Wildman–Crippen LogP) is -2.62. The van der Waals surface area contributed by atoms with Gasteiger partial charge in [0.2, 0.25) is 23.6 Å². The maximum absolute atomic E-state index is 13.0. The Morgan fingerprint density at radius 1 is 0.824 bits per heavy atom. The zero-order valence-electron chi connectivity index (χ0n) is 18.0. The molecule has 0 bridgehead atoms. The van der Waals surface area contributed by atoms with Crippen molar-refractivity contribution >= 4 is 48.2 Å². The van der Waals surface area contributed by atoms with Gasteiger partial charge in [-0.3, -0.25) is 24.0 Å². The molecule has 0 aromatic heterocycles. The summed E-state index contributed by atoms with van der Waals surface area (Å²) in [6.45, 7) is 0. The average molecular weight is 498 g/mol. The molecule has 1 aromatic carbocycles. The van der Waals surface area contributed by atoms with Gasteiger partial charge in [0.15, 0.2) is 0 Å². The van der Waals surface area contributed by atoms with E-state index in [0.717, 1.165) is 0 Å². The molecule has 14 heteroatoms. The number of nitrogens with two attached hydrogens (primary N) is 2. The van der Waals surface area contributed by atoms with Gasteiger partial charge in [-0.1, -0.05) is 30.3 Å². The molecule has 186 valence electrons. The third-order valence-electron chi connectivity index (χ3n) is 4.48. The molecule has 1 rings (SSSR count). The molecule has 13 nitrogen and oxygen atoms in total. The summed E-state index contributed by atoms with van der Waals surface area (Å²) in [5.41, 5.74) is 11.3. The largest absolute Gasteiger partial charge is 0.481 e. The van der Waals surface area contributed by atoms with Crippen molar-refractivity contribution in [3.05, 3.63) is 35.9 Å². The summed E-state index contributed by atoms with van der Waals surface area (Å²) < 4.78 is 0. The first-order chi connectivity index (χ1) is 15.9. The highest BCUT2D eigenvalue weighted by molar-refractivity contribution is 7.80. The van der Waals surface area contributed by atoms with Crippen LogP contribution in [0.25, 0.3) is 0 Å². The topological polar surface area (TPSA) is 231 Å². The lowest BCUT2D eigenvalue weighted by molar-refractivity contribution is -0.141. The number of hydrogen-bond donors (Lipinski definition) is 8. The number of thiol groups is 1. The van der Waals surface area contributed by atoms with Crippen LogP contribution in [0.15, 0.2) is 30.3 Å². The fourth-order valence-electron chi connectivity index (χ4n) is 2.76. The normalized spacial score (nSPS) is 14.1. The number of amides is 4. The molecule has 0 spiro atoms. The SMILES string of the molecule is NC(=O)CC(NC(=O)C(Cc1ccccc1)NC(=O)C(N)CC(=O)O)C(=O)NC(CS)C(=O)O. The van der Waals surface area contributed by atoms with E-state index in [2.05, 4.69) is 28.6 Å². The summed E-state index contributed by atoms with van der Waals surface area (Å²) in [5.74, 6) is -6.73. The fraction of sp³-hybridized carbons (Fsp3) is 0.400. The molecule has 0 aliphatic rings. The van der Waals surface area contributed by atoms with Gasteiger partial charge in [0, 0.05) is 12.2 Å². The second-order valence-electron chi connectivity index (χ2n) is 7.27. The van der Waals surface area contributed by atoms with Crippen molar-refractivity contribution in [1.82, 2.24) is 16.0 Å². The van der Waals surface area contributed by atoms with Crippen molar-refractivity contribution in [3.8, 4) is 0 Å². The summed E-state index contributed by atoms with van der Waals surface area (Å²) in [7, 11) is 0. The Morgan fingerprint density at radius 2 is 1.35 bits per heavy atom. The molecule has 4 amide bonds. The number of rotatable bonds is 14. The van der Waals surface area contributed by atoms with Gasteiger partial charge in [-0.05, 0) is 5.56 Å². The van der Waals surface area contributed by atoms with Gasteiger partial charge in [-0.15, -0.1) is 0 Å². The number of benzene rings is 1. The van der Waals surface area contributed by atoms with Gasteiger partial charge >= 0.3 is 11.9 Å². The van der Waals surface area contributed by atoms with Crippen molar-refractivity contribution in [2.75, 3.05) is 5.75 Å². The number of carbonyl (C=O) groups excluding carboxylic acids is 4. The van der Waals surface area contributed by atoms with Crippen LogP contribution in [0, 0.1) is 0 Å². The molecule has 0 fully saturated rings. The van der Waals surface area contributed by atoms with Crippen LogP contribution in [0.3, 0.4) is 0 Å². The van der Waals surface area contributed by atoms with Crippen molar-refractivity contribution < 1.29 is 39.0 Å². The van der Waals surface area contributed by atoms with Gasteiger partial charge in [0.05, 0.1) is 18.9 Å². The second kappa shape index (κ2) is 13.8. The standard InChI is InChI=1S/C20H27N5O8S/c21-11(7-16(27)28)17(29)23-12(6-10-4-2-1-3-5-10)18(30)24-13(8-15(22)26)19(31)25-14(9-34)20(32)33/h1-5,11-14,34H,6-9,21H2,(H2,22,26)(H,23,29)(H,24,30)(H,25,31)(H,27,28)(H,32,33). The molecule has 34 heavy (non-hydrogen) atoms. The van der Waals surface area contributed by atoms with E-state index in [1.165, 1.54) is 0 Å². The highest BCUT2D eigenvalue weighted by Crippen LogP contribution is 2.06. The monoisotopic (exact) mass is 497 g/mol. The van der Waals surface area contributed by atoms with Gasteiger partial charge < -0.3 is 37.6 Å². The first kappa shape index (κ1) is 28.4. The summed E-state index contributed by atoms with van der Waals surface area (Å²) in [4.78, 5) is 71.2. The molecule has 9 N–H and O–H groups in total. The van der Waals surface area contributed by atoms with Crippen LogP contribution in [-0.4, -0.2) is 75.7 Å². The van der Waals surface area contributed by atoms with Crippen molar-refractivity contribution in [3.63, 3.8) is 0 Å². The summed E-state index contributed by atoms with van der Waals surface area (Å²) in [6, 6.07) is 2.75. The summed E-state index contributed by atoms with van der Waals surface area (Å²) in [6.07, 6.45) is -1.39. The van der Waals surface area contributed by atoms with Gasteiger partial charge in [-0.2, -0.15) is 12.6 Å². The zero-order valence-corrected chi connectivity index (χ0v) is 18.9. The third-order valence-corrected chi connectivity index (χ3v) is 4.85. The molecule has 0 heterocycles. The Balaban J connectivity index is 3.09. The Morgan fingerprint density at radius 3 is 1.85 bits per heavy atom. The van der Waals surface area contributed by atoms with E-state index < -0.39 is 72.6 Å². The minimum absolute atomic E-state index is 0.0580. The Bertz CT molecular complexity index is 913. The van der Waals surface area contributed by atoms with E-state index in [1.807, 2.05) is 0 Å². The first-order valence-electron chi connectivity index (χ1n) is 9.99. The molecular formula is C20H27N5O8S. The minimum atomic E-state index is -1.55. The van der Waals surface area contributed by atoms with Crippen molar-refractivity contribution in [2.24, 2.45) is 11.5 Å².